The maximum atomic E-state index is 14.9. The molecule has 1 saturated carbocycles. The van der Waals surface area contributed by atoms with Crippen molar-refractivity contribution in [3.8, 4) is 17.2 Å². The van der Waals surface area contributed by atoms with E-state index in [0.717, 1.165) is 18.2 Å². The Balaban J connectivity index is 1.28. The minimum atomic E-state index is -5.09. The molecule has 0 spiro atoms. The van der Waals surface area contributed by atoms with Crippen molar-refractivity contribution in [1.29, 1.82) is 0 Å². The highest BCUT2D eigenvalue weighted by molar-refractivity contribution is 5.91. The van der Waals surface area contributed by atoms with E-state index in [1.807, 2.05) is 0 Å². The number of rotatable bonds is 8. The van der Waals surface area contributed by atoms with Crippen molar-refractivity contribution in [2.45, 2.75) is 44.4 Å². The fraction of sp³-hybridized carbons (Fsp3) is 0.444. The monoisotopic (exact) mass is 560 g/mol. The standard InChI is InChI=1S/C27H26F6O6/c1-2-16-14-35-25(36-15-16)18-3-7-19(8-4-18)26(29,30)38-20-9-5-17(6-10-20)24(34)37-21-11-12-23(22(28)13-21)39-27(31,32)33/h2,5-6,9-13,16,18-19,25H,1,3-4,7-8,14-15H2. The highest BCUT2D eigenvalue weighted by atomic mass is 19.4. The topological polar surface area (TPSA) is 63.2 Å². The summed E-state index contributed by atoms with van der Waals surface area (Å²) in [6.07, 6.45) is -5.74. The summed E-state index contributed by atoms with van der Waals surface area (Å²) in [5.41, 5.74) is -0.0756. The van der Waals surface area contributed by atoms with Crippen LogP contribution in [0.2, 0.25) is 0 Å². The van der Waals surface area contributed by atoms with Crippen molar-refractivity contribution < 1.29 is 54.8 Å². The Morgan fingerprint density at radius 3 is 2.08 bits per heavy atom. The summed E-state index contributed by atoms with van der Waals surface area (Å²) in [5.74, 6) is -4.88. The van der Waals surface area contributed by atoms with E-state index in [4.69, 9.17) is 18.9 Å². The van der Waals surface area contributed by atoms with Crippen molar-refractivity contribution >= 4 is 5.97 Å². The Morgan fingerprint density at radius 2 is 1.51 bits per heavy atom. The summed E-state index contributed by atoms with van der Waals surface area (Å²) in [4.78, 5) is 12.3. The zero-order chi connectivity index (χ0) is 28.2. The molecule has 6 nitrogen and oxygen atoms in total. The van der Waals surface area contributed by atoms with Crippen LogP contribution in [0.25, 0.3) is 0 Å². The van der Waals surface area contributed by atoms with Gasteiger partial charge in [0, 0.05) is 17.9 Å². The molecule has 0 radical (unpaired) electrons. The molecular weight excluding hydrogens is 534 g/mol. The van der Waals surface area contributed by atoms with E-state index in [-0.39, 0.29) is 41.7 Å². The summed E-state index contributed by atoms with van der Waals surface area (Å²) in [7, 11) is 0. The Bertz CT molecular complexity index is 1140. The molecular formula is C27H26F6O6. The van der Waals surface area contributed by atoms with Gasteiger partial charge < -0.3 is 23.7 Å². The van der Waals surface area contributed by atoms with Crippen LogP contribution in [0, 0.1) is 23.6 Å². The van der Waals surface area contributed by atoms with Crippen LogP contribution in [0.15, 0.2) is 55.1 Å². The van der Waals surface area contributed by atoms with Gasteiger partial charge in [-0.15, -0.1) is 19.8 Å². The van der Waals surface area contributed by atoms with Crippen molar-refractivity contribution in [3.63, 3.8) is 0 Å². The molecule has 0 amide bonds. The predicted molar refractivity (Wildman–Crippen MR) is 125 cm³/mol. The zero-order valence-corrected chi connectivity index (χ0v) is 20.6. The summed E-state index contributed by atoms with van der Waals surface area (Å²) in [6, 6.07) is 6.81. The van der Waals surface area contributed by atoms with Crippen LogP contribution in [0.1, 0.15) is 36.0 Å². The molecule has 0 unspecified atom stereocenters. The third-order valence-electron chi connectivity index (χ3n) is 6.60. The lowest BCUT2D eigenvalue weighted by Gasteiger charge is -2.38. The first-order valence-electron chi connectivity index (χ1n) is 12.2. The Morgan fingerprint density at radius 1 is 0.897 bits per heavy atom. The fourth-order valence-corrected chi connectivity index (χ4v) is 4.49. The molecule has 39 heavy (non-hydrogen) atoms. The first kappa shape index (κ1) is 28.8. The Hall–Kier alpha value is -3.25. The predicted octanol–water partition coefficient (Wildman–Crippen LogP) is 6.90. The van der Waals surface area contributed by atoms with Gasteiger partial charge in [0.05, 0.1) is 24.7 Å². The molecule has 1 aliphatic carbocycles. The number of halogens is 6. The van der Waals surface area contributed by atoms with Crippen LogP contribution < -0.4 is 14.2 Å². The second-order valence-electron chi connectivity index (χ2n) is 9.36. The molecule has 1 saturated heterocycles. The lowest BCUT2D eigenvalue weighted by Crippen LogP contribution is -2.41. The molecule has 212 valence electrons. The lowest BCUT2D eigenvalue weighted by atomic mass is 9.80. The fourth-order valence-electron chi connectivity index (χ4n) is 4.49. The summed E-state index contributed by atoms with van der Waals surface area (Å²) < 4.78 is 105. The Kier molecular flexibility index (Phi) is 8.75. The van der Waals surface area contributed by atoms with E-state index >= 15 is 0 Å². The van der Waals surface area contributed by atoms with Gasteiger partial charge in [0.25, 0.3) is 0 Å². The SMILES string of the molecule is C=CC1COC(C2CCC(C(F)(F)Oc3ccc(C(=O)Oc4ccc(OC(F)(F)F)c(F)c4)cc3)CC2)OC1. The normalized spacial score (nSPS) is 24.1. The van der Waals surface area contributed by atoms with Gasteiger partial charge in [-0.2, -0.15) is 8.78 Å². The van der Waals surface area contributed by atoms with Gasteiger partial charge in [0.1, 0.15) is 11.5 Å². The average Bonchev–Trinajstić information content (AvgIpc) is 2.90. The van der Waals surface area contributed by atoms with Crippen molar-refractivity contribution in [2.75, 3.05) is 13.2 Å². The minimum absolute atomic E-state index is 0.0231. The van der Waals surface area contributed by atoms with Crippen LogP contribution in [-0.2, 0) is 9.47 Å². The molecule has 0 atom stereocenters. The van der Waals surface area contributed by atoms with E-state index in [1.54, 1.807) is 6.08 Å². The minimum Gasteiger partial charge on any atom is -0.432 e. The van der Waals surface area contributed by atoms with Crippen LogP contribution in [0.5, 0.6) is 17.2 Å². The Labute approximate surface area is 220 Å². The number of esters is 1. The number of ether oxygens (including phenoxy) is 5. The molecule has 2 aliphatic rings. The zero-order valence-electron chi connectivity index (χ0n) is 20.6. The molecule has 0 N–H and O–H groups in total. The second-order valence-corrected chi connectivity index (χ2v) is 9.36. The molecule has 4 rings (SSSR count). The lowest BCUT2D eigenvalue weighted by molar-refractivity contribution is -0.275. The summed E-state index contributed by atoms with van der Waals surface area (Å²) >= 11 is 0. The highest BCUT2D eigenvalue weighted by Crippen LogP contribution is 2.42. The van der Waals surface area contributed by atoms with Crippen LogP contribution in [-0.4, -0.2) is 37.9 Å². The summed E-state index contributed by atoms with van der Waals surface area (Å²) in [5, 5.41) is 0. The van der Waals surface area contributed by atoms with Crippen LogP contribution >= 0.6 is 0 Å². The van der Waals surface area contributed by atoms with Crippen molar-refractivity contribution in [3.05, 3.63) is 66.5 Å². The van der Waals surface area contributed by atoms with Crippen LogP contribution in [0.4, 0.5) is 26.3 Å². The van der Waals surface area contributed by atoms with E-state index < -0.39 is 42.2 Å². The first-order valence-corrected chi connectivity index (χ1v) is 12.2. The number of alkyl halides is 5. The third-order valence-corrected chi connectivity index (χ3v) is 6.60. The van der Waals surface area contributed by atoms with Gasteiger partial charge in [0.2, 0.25) is 0 Å². The van der Waals surface area contributed by atoms with Crippen LogP contribution in [0.3, 0.4) is 0 Å². The third kappa shape index (κ3) is 7.66. The number of hydrogen-bond acceptors (Lipinski definition) is 6. The van der Waals surface area contributed by atoms with Gasteiger partial charge in [-0.1, -0.05) is 6.08 Å². The maximum absolute atomic E-state index is 14.9. The largest absolute Gasteiger partial charge is 0.573 e. The van der Waals surface area contributed by atoms with E-state index in [9.17, 15) is 31.1 Å². The van der Waals surface area contributed by atoms with Crippen molar-refractivity contribution in [1.82, 2.24) is 0 Å². The van der Waals surface area contributed by atoms with Gasteiger partial charge in [-0.25, -0.2) is 9.18 Å². The molecule has 2 fully saturated rings. The number of benzene rings is 2. The summed E-state index contributed by atoms with van der Waals surface area (Å²) in [6.45, 7) is 4.71. The van der Waals surface area contributed by atoms with E-state index in [0.29, 0.717) is 38.2 Å². The number of carbonyl (C=O) groups excluding carboxylic acids is 1. The van der Waals surface area contributed by atoms with Gasteiger partial charge in [0.15, 0.2) is 17.9 Å². The van der Waals surface area contributed by atoms with Gasteiger partial charge in [-0.05, 0) is 62.1 Å². The first-order chi connectivity index (χ1) is 18.4. The van der Waals surface area contributed by atoms with Gasteiger partial charge >= 0.3 is 18.4 Å². The molecule has 0 bridgehead atoms. The van der Waals surface area contributed by atoms with E-state index in [1.165, 1.54) is 12.1 Å². The smallest absolute Gasteiger partial charge is 0.432 e. The highest BCUT2D eigenvalue weighted by Gasteiger charge is 2.45. The van der Waals surface area contributed by atoms with E-state index in [2.05, 4.69) is 11.3 Å². The number of hydrogen-bond donors (Lipinski definition) is 0. The average molecular weight is 560 g/mol. The molecule has 1 heterocycles. The maximum Gasteiger partial charge on any atom is 0.573 e. The van der Waals surface area contributed by atoms with Crippen molar-refractivity contribution in [2.24, 2.45) is 17.8 Å². The van der Waals surface area contributed by atoms with Gasteiger partial charge in [-0.3, -0.25) is 0 Å². The quantitative estimate of drug-likeness (QED) is 0.152. The molecule has 12 heteroatoms. The molecule has 2 aromatic rings. The molecule has 0 aromatic heterocycles. The second kappa shape index (κ2) is 11.9. The number of carbonyl (C=O) groups is 1. The molecule has 1 aliphatic heterocycles. The molecule has 2 aromatic carbocycles.